The van der Waals surface area contributed by atoms with Gasteiger partial charge in [0.25, 0.3) is 0 Å². The molecule has 0 aromatic heterocycles. The summed E-state index contributed by atoms with van der Waals surface area (Å²) in [7, 11) is -1.30. The van der Waals surface area contributed by atoms with E-state index < -0.39 is 14.6 Å². The highest BCUT2D eigenvalue weighted by molar-refractivity contribution is 7.92. The van der Waals surface area contributed by atoms with Crippen LogP contribution in [0.5, 0.6) is 0 Å². The van der Waals surface area contributed by atoms with Crippen LogP contribution in [0.15, 0.2) is 4.99 Å². The molecule has 0 aromatic carbocycles. The maximum absolute atomic E-state index is 12.1. The lowest BCUT2D eigenvalue weighted by Crippen LogP contribution is -2.57. The molecule has 24 heavy (non-hydrogen) atoms. The third-order valence-corrected chi connectivity index (χ3v) is 7.21. The molecule has 0 atom stereocenters. The topological polar surface area (TPSA) is 80.2 Å². The largest absolute Gasteiger partial charge is 0.381 e. The normalized spacial score (nSPS) is 24.8. The van der Waals surface area contributed by atoms with Crippen molar-refractivity contribution in [2.45, 2.75) is 44.0 Å². The highest BCUT2D eigenvalue weighted by atomic mass is 32.2. The molecule has 0 spiro atoms. The van der Waals surface area contributed by atoms with Crippen LogP contribution in [-0.2, 0) is 19.3 Å². The third-order valence-electron chi connectivity index (χ3n) is 4.68. The van der Waals surface area contributed by atoms with E-state index in [4.69, 9.17) is 9.47 Å². The van der Waals surface area contributed by atoms with Crippen LogP contribution in [0.2, 0.25) is 0 Å². The molecule has 0 amide bonds. The van der Waals surface area contributed by atoms with Gasteiger partial charge in [-0.1, -0.05) is 0 Å². The van der Waals surface area contributed by atoms with E-state index in [1.807, 2.05) is 4.90 Å². The smallest absolute Gasteiger partial charge is 0.193 e. The van der Waals surface area contributed by atoms with Crippen molar-refractivity contribution < 1.29 is 17.9 Å². The van der Waals surface area contributed by atoms with E-state index in [0.717, 1.165) is 45.0 Å². The lowest BCUT2D eigenvalue weighted by Gasteiger charge is -2.39. The minimum atomic E-state index is -3.03. The summed E-state index contributed by atoms with van der Waals surface area (Å²) in [5.74, 6) is 0.942. The standard InChI is InChI=1S/C16H31N3O4S/c1-16(2)13-19(8-12-24(16,20)21)15(17-3)18-7-4-9-23-14-5-10-22-11-6-14/h14H,4-13H2,1-3H3,(H,17,18). The van der Waals surface area contributed by atoms with Gasteiger partial charge in [-0.2, -0.15) is 0 Å². The van der Waals surface area contributed by atoms with E-state index in [9.17, 15) is 8.42 Å². The predicted octanol–water partition coefficient (Wildman–Crippen LogP) is 0.657. The molecule has 0 aliphatic carbocycles. The van der Waals surface area contributed by atoms with Gasteiger partial charge >= 0.3 is 0 Å². The summed E-state index contributed by atoms with van der Waals surface area (Å²) in [5, 5.41) is 3.32. The van der Waals surface area contributed by atoms with Gasteiger partial charge in [-0.25, -0.2) is 8.42 Å². The molecule has 0 unspecified atom stereocenters. The predicted molar refractivity (Wildman–Crippen MR) is 95.2 cm³/mol. The zero-order valence-electron chi connectivity index (χ0n) is 15.1. The van der Waals surface area contributed by atoms with Crippen molar-refractivity contribution in [2.24, 2.45) is 4.99 Å². The van der Waals surface area contributed by atoms with Gasteiger partial charge in [0, 0.05) is 46.5 Å². The van der Waals surface area contributed by atoms with Crippen LogP contribution in [0, 0.1) is 0 Å². The second kappa shape index (κ2) is 8.49. The molecular weight excluding hydrogens is 330 g/mol. The van der Waals surface area contributed by atoms with Crippen LogP contribution in [0.25, 0.3) is 0 Å². The zero-order chi connectivity index (χ0) is 17.6. The molecule has 2 aliphatic heterocycles. The summed E-state index contributed by atoms with van der Waals surface area (Å²) in [5.41, 5.74) is 0. The van der Waals surface area contributed by atoms with Crippen molar-refractivity contribution in [3.63, 3.8) is 0 Å². The van der Waals surface area contributed by atoms with Gasteiger partial charge in [-0.15, -0.1) is 0 Å². The third kappa shape index (κ3) is 5.07. The van der Waals surface area contributed by atoms with E-state index in [1.165, 1.54) is 0 Å². The zero-order valence-corrected chi connectivity index (χ0v) is 15.9. The fourth-order valence-electron chi connectivity index (χ4n) is 3.02. The first-order valence-corrected chi connectivity index (χ1v) is 10.4. The maximum atomic E-state index is 12.1. The van der Waals surface area contributed by atoms with Gasteiger partial charge in [-0.3, -0.25) is 4.99 Å². The van der Waals surface area contributed by atoms with E-state index >= 15 is 0 Å². The molecule has 2 heterocycles. The Morgan fingerprint density at radius 2 is 2.08 bits per heavy atom. The monoisotopic (exact) mass is 361 g/mol. The molecule has 1 N–H and O–H groups in total. The summed E-state index contributed by atoms with van der Waals surface area (Å²) in [6.45, 7) is 7.59. The molecule has 0 aromatic rings. The molecule has 0 bridgehead atoms. The van der Waals surface area contributed by atoms with Crippen LogP contribution >= 0.6 is 0 Å². The first-order chi connectivity index (χ1) is 11.4. The first kappa shape index (κ1) is 19.5. The number of hydrogen-bond acceptors (Lipinski definition) is 5. The minimum Gasteiger partial charge on any atom is -0.381 e. The molecule has 2 rings (SSSR count). The summed E-state index contributed by atoms with van der Waals surface area (Å²) >= 11 is 0. The minimum absolute atomic E-state index is 0.174. The van der Waals surface area contributed by atoms with Gasteiger partial charge in [-0.05, 0) is 33.1 Å². The Kier molecular flexibility index (Phi) is 6.88. The van der Waals surface area contributed by atoms with Gasteiger partial charge in [0.15, 0.2) is 15.8 Å². The van der Waals surface area contributed by atoms with Crippen molar-refractivity contribution in [3.8, 4) is 0 Å². The maximum Gasteiger partial charge on any atom is 0.193 e. The first-order valence-electron chi connectivity index (χ1n) is 8.73. The van der Waals surface area contributed by atoms with Crippen LogP contribution in [0.4, 0.5) is 0 Å². The fraction of sp³-hybridized carbons (Fsp3) is 0.938. The SMILES string of the molecule is CN=C(NCCCOC1CCOCC1)N1CCS(=O)(=O)C(C)(C)C1. The highest BCUT2D eigenvalue weighted by Gasteiger charge is 2.40. The van der Waals surface area contributed by atoms with Crippen molar-refractivity contribution >= 4 is 15.8 Å². The average molecular weight is 362 g/mol. The number of ether oxygens (including phenoxy) is 2. The number of nitrogens with one attached hydrogen (secondary N) is 1. The van der Waals surface area contributed by atoms with Crippen molar-refractivity contribution in [1.82, 2.24) is 10.2 Å². The van der Waals surface area contributed by atoms with Crippen molar-refractivity contribution in [3.05, 3.63) is 0 Å². The highest BCUT2D eigenvalue weighted by Crippen LogP contribution is 2.23. The molecule has 7 nitrogen and oxygen atoms in total. The number of sulfone groups is 1. The Labute approximate surface area is 145 Å². The van der Waals surface area contributed by atoms with Crippen molar-refractivity contribution in [1.29, 1.82) is 0 Å². The van der Waals surface area contributed by atoms with Gasteiger partial charge in [0.1, 0.15) is 0 Å². The van der Waals surface area contributed by atoms with Crippen LogP contribution in [0.3, 0.4) is 0 Å². The molecule has 0 saturated carbocycles. The van der Waals surface area contributed by atoms with Gasteiger partial charge in [0.05, 0.1) is 16.6 Å². The van der Waals surface area contributed by atoms with Crippen LogP contribution in [0.1, 0.15) is 33.1 Å². The number of guanidine groups is 1. The number of hydrogen-bond donors (Lipinski definition) is 1. The summed E-state index contributed by atoms with van der Waals surface area (Å²) in [4.78, 5) is 6.32. The molecule has 2 aliphatic rings. The van der Waals surface area contributed by atoms with E-state index in [1.54, 1.807) is 20.9 Å². The summed E-state index contributed by atoms with van der Waals surface area (Å²) in [6.07, 6.45) is 3.18. The Bertz CT molecular complexity index is 527. The molecule has 140 valence electrons. The molecule has 8 heteroatoms. The quantitative estimate of drug-likeness (QED) is 0.440. The lowest BCUT2D eigenvalue weighted by molar-refractivity contribution is -0.0320. The Hall–Kier alpha value is -0.860. The van der Waals surface area contributed by atoms with Crippen LogP contribution in [-0.4, -0.2) is 82.4 Å². The Balaban J connectivity index is 1.71. The second-order valence-corrected chi connectivity index (χ2v) is 9.75. The van der Waals surface area contributed by atoms with E-state index in [2.05, 4.69) is 10.3 Å². The molecule has 0 radical (unpaired) electrons. The van der Waals surface area contributed by atoms with Gasteiger partial charge in [0.2, 0.25) is 0 Å². The summed E-state index contributed by atoms with van der Waals surface area (Å²) < 4.78 is 34.6. The van der Waals surface area contributed by atoms with Crippen LogP contribution < -0.4 is 5.32 Å². The summed E-state index contributed by atoms with van der Waals surface area (Å²) in [6, 6.07) is 0. The van der Waals surface area contributed by atoms with E-state index in [-0.39, 0.29) is 5.75 Å². The molecular formula is C16H31N3O4S. The number of aliphatic imine (C=N–C) groups is 1. The number of nitrogens with zero attached hydrogens (tertiary/aromatic N) is 2. The Morgan fingerprint density at radius 3 is 2.71 bits per heavy atom. The molecule has 2 fully saturated rings. The van der Waals surface area contributed by atoms with E-state index in [0.29, 0.717) is 25.8 Å². The second-order valence-electron chi connectivity index (χ2n) is 7.01. The average Bonchev–Trinajstić information content (AvgIpc) is 2.55. The van der Waals surface area contributed by atoms with Crippen molar-refractivity contribution in [2.75, 3.05) is 52.3 Å². The lowest BCUT2D eigenvalue weighted by atomic mass is 10.1. The Morgan fingerprint density at radius 1 is 1.38 bits per heavy atom. The van der Waals surface area contributed by atoms with Gasteiger partial charge < -0.3 is 19.7 Å². The molecule has 2 saturated heterocycles. The number of rotatable bonds is 5. The fourth-order valence-corrected chi connectivity index (χ4v) is 4.39.